The molecule has 1 aromatic heterocycles. The van der Waals surface area contributed by atoms with Crippen molar-refractivity contribution in [2.45, 2.75) is 13.8 Å². The summed E-state index contributed by atoms with van der Waals surface area (Å²) in [5.41, 5.74) is 10.4. The Labute approximate surface area is 127 Å². The van der Waals surface area contributed by atoms with E-state index in [1.54, 1.807) is 4.68 Å². The van der Waals surface area contributed by atoms with E-state index in [0.717, 1.165) is 22.4 Å². The van der Waals surface area contributed by atoms with Crippen LogP contribution in [-0.2, 0) is 0 Å². The largest absolute Gasteiger partial charge is 0.398 e. The highest BCUT2D eigenvalue weighted by molar-refractivity contribution is 6.31. The van der Waals surface area contributed by atoms with E-state index in [9.17, 15) is 0 Å². The fraction of sp³-hybridized carbons (Fsp3) is 0.133. The number of aromatic nitrogens is 4. The van der Waals surface area contributed by atoms with Crippen LogP contribution in [-0.4, -0.2) is 20.2 Å². The number of tetrazole rings is 1. The zero-order valence-corrected chi connectivity index (χ0v) is 12.5. The van der Waals surface area contributed by atoms with Crippen LogP contribution in [0.4, 0.5) is 5.69 Å². The lowest BCUT2D eigenvalue weighted by Crippen LogP contribution is -2.02. The standard InChI is InChI=1S/C15H14ClN5/c1-9-6-7-11(8-13(9)16)21-15(18-19-20-21)12-5-3-4-10(2)14(12)17/h3-8H,17H2,1-2H3. The Hall–Kier alpha value is -2.40. The van der Waals surface area contributed by atoms with Crippen molar-refractivity contribution in [3.05, 3.63) is 52.5 Å². The first-order valence-corrected chi connectivity index (χ1v) is 6.86. The van der Waals surface area contributed by atoms with Crippen LogP contribution in [0.25, 0.3) is 17.1 Å². The van der Waals surface area contributed by atoms with Gasteiger partial charge in [0, 0.05) is 16.3 Å². The average molecular weight is 300 g/mol. The highest BCUT2D eigenvalue weighted by Gasteiger charge is 2.14. The monoisotopic (exact) mass is 299 g/mol. The minimum absolute atomic E-state index is 0.594. The molecular weight excluding hydrogens is 286 g/mol. The molecule has 0 aliphatic carbocycles. The lowest BCUT2D eigenvalue weighted by atomic mass is 10.1. The molecule has 0 spiro atoms. The first-order chi connectivity index (χ1) is 10.1. The van der Waals surface area contributed by atoms with E-state index in [1.807, 2.05) is 50.2 Å². The van der Waals surface area contributed by atoms with Crippen LogP contribution in [0.2, 0.25) is 5.02 Å². The van der Waals surface area contributed by atoms with E-state index in [2.05, 4.69) is 15.5 Å². The highest BCUT2D eigenvalue weighted by atomic mass is 35.5. The molecule has 0 unspecified atom stereocenters. The summed E-state index contributed by atoms with van der Waals surface area (Å²) < 4.78 is 1.64. The molecule has 0 bridgehead atoms. The summed E-state index contributed by atoms with van der Waals surface area (Å²) in [7, 11) is 0. The van der Waals surface area contributed by atoms with E-state index in [-0.39, 0.29) is 0 Å². The summed E-state index contributed by atoms with van der Waals surface area (Å²) in [6, 6.07) is 11.5. The predicted molar refractivity (Wildman–Crippen MR) is 83.5 cm³/mol. The Morgan fingerprint density at radius 3 is 2.67 bits per heavy atom. The maximum Gasteiger partial charge on any atom is 0.189 e. The van der Waals surface area contributed by atoms with E-state index in [1.165, 1.54) is 0 Å². The first-order valence-electron chi connectivity index (χ1n) is 6.48. The van der Waals surface area contributed by atoms with Gasteiger partial charge in [0.1, 0.15) is 0 Å². The molecule has 1 heterocycles. The third-order valence-electron chi connectivity index (χ3n) is 3.43. The van der Waals surface area contributed by atoms with Gasteiger partial charge in [0.2, 0.25) is 0 Å². The second-order valence-electron chi connectivity index (χ2n) is 4.88. The van der Waals surface area contributed by atoms with Crippen molar-refractivity contribution < 1.29 is 0 Å². The Bertz CT molecular complexity index is 810. The van der Waals surface area contributed by atoms with Gasteiger partial charge in [-0.2, -0.15) is 4.68 Å². The minimum atomic E-state index is 0.594. The van der Waals surface area contributed by atoms with Gasteiger partial charge in [-0.3, -0.25) is 0 Å². The molecule has 0 fully saturated rings. The molecule has 0 aliphatic rings. The highest BCUT2D eigenvalue weighted by Crippen LogP contribution is 2.28. The molecule has 0 amide bonds. The quantitative estimate of drug-likeness (QED) is 0.738. The third kappa shape index (κ3) is 2.36. The number of hydrogen-bond acceptors (Lipinski definition) is 4. The lowest BCUT2D eigenvalue weighted by Gasteiger charge is -2.09. The topological polar surface area (TPSA) is 69.6 Å². The second kappa shape index (κ2) is 5.18. The van der Waals surface area contributed by atoms with Gasteiger partial charge >= 0.3 is 0 Å². The van der Waals surface area contributed by atoms with E-state index < -0.39 is 0 Å². The summed E-state index contributed by atoms with van der Waals surface area (Å²) >= 11 is 6.18. The fourth-order valence-electron chi connectivity index (χ4n) is 2.12. The first kappa shape index (κ1) is 13.6. The maximum absolute atomic E-state index is 6.18. The van der Waals surface area contributed by atoms with E-state index >= 15 is 0 Å². The van der Waals surface area contributed by atoms with Crippen LogP contribution < -0.4 is 5.73 Å². The van der Waals surface area contributed by atoms with Crippen molar-refractivity contribution in [1.29, 1.82) is 0 Å². The Morgan fingerprint density at radius 2 is 1.90 bits per heavy atom. The number of aryl methyl sites for hydroxylation is 2. The Kier molecular flexibility index (Phi) is 3.35. The summed E-state index contributed by atoms with van der Waals surface area (Å²) in [5.74, 6) is 0.594. The van der Waals surface area contributed by atoms with Gasteiger partial charge < -0.3 is 5.73 Å². The van der Waals surface area contributed by atoms with Crippen molar-refractivity contribution in [3.8, 4) is 17.1 Å². The van der Waals surface area contributed by atoms with Crippen molar-refractivity contribution in [2.75, 3.05) is 5.73 Å². The maximum atomic E-state index is 6.18. The Balaban J connectivity index is 2.17. The molecular formula is C15H14ClN5. The van der Waals surface area contributed by atoms with Crippen molar-refractivity contribution >= 4 is 17.3 Å². The van der Waals surface area contributed by atoms with Gasteiger partial charge in [-0.25, -0.2) is 0 Å². The summed E-state index contributed by atoms with van der Waals surface area (Å²) in [6.07, 6.45) is 0. The molecule has 0 radical (unpaired) electrons. The number of nitrogen functional groups attached to an aromatic ring is 1. The number of benzene rings is 2. The number of nitrogens with two attached hydrogens (primary N) is 1. The zero-order chi connectivity index (χ0) is 15.0. The van der Waals surface area contributed by atoms with Crippen molar-refractivity contribution in [1.82, 2.24) is 20.2 Å². The number of hydrogen-bond donors (Lipinski definition) is 1. The van der Waals surface area contributed by atoms with E-state index in [0.29, 0.717) is 16.5 Å². The molecule has 2 N–H and O–H groups in total. The number of nitrogens with zero attached hydrogens (tertiary/aromatic N) is 4. The van der Waals surface area contributed by atoms with Gasteiger partial charge in [-0.05, 0) is 53.6 Å². The van der Waals surface area contributed by atoms with Crippen LogP contribution in [0.3, 0.4) is 0 Å². The molecule has 5 nitrogen and oxygen atoms in total. The summed E-state index contributed by atoms with van der Waals surface area (Å²) in [6.45, 7) is 3.90. The number of para-hydroxylation sites is 1. The SMILES string of the molecule is Cc1ccc(-n2nnnc2-c2cccc(C)c2N)cc1Cl. The zero-order valence-electron chi connectivity index (χ0n) is 11.7. The van der Waals surface area contributed by atoms with Crippen molar-refractivity contribution in [3.63, 3.8) is 0 Å². The van der Waals surface area contributed by atoms with Gasteiger partial charge in [0.15, 0.2) is 5.82 Å². The molecule has 2 aromatic carbocycles. The summed E-state index contributed by atoms with van der Waals surface area (Å²) in [4.78, 5) is 0. The molecule has 0 saturated heterocycles. The molecule has 0 aliphatic heterocycles. The number of rotatable bonds is 2. The summed E-state index contributed by atoms with van der Waals surface area (Å²) in [5, 5.41) is 12.6. The Morgan fingerprint density at radius 1 is 1.10 bits per heavy atom. The van der Waals surface area contributed by atoms with Crippen LogP contribution in [0.1, 0.15) is 11.1 Å². The van der Waals surface area contributed by atoms with E-state index in [4.69, 9.17) is 17.3 Å². The second-order valence-corrected chi connectivity index (χ2v) is 5.29. The van der Waals surface area contributed by atoms with Gasteiger partial charge in [0.25, 0.3) is 0 Å². The molecule has 106 valence electrons. The molecule has 21 heavy (non-hydrogen) atoms. The van der Waals surface area contributed by atoms with Crippen LogP contribution in [0.15, 0.2) is 36.4 Å². The molecule has 0 atom stereocenters. The molecule has 3 aromatic rings. The third-order valence-corrected chi connectivity index (χ3v) is 3.84. The van der Waals surface area contributed by atoms with Gasteiger partial charge in [-0.1, -0.05) is 29.8 Å². The van der Waals surface area contributed by atoms with Gasteiger partial charge in [0.05, 0.1) is 5.69 Å². The van der Waals surface area contributed by atoms with Crippen LogP contribution >= 0.6 is 11.6 Å². The molecule has 0 saturated carbocycles. The van der Waals surface area contributed by atoms with Crippen molar-refractivity contribution in [2.24, 2.45) is 0 Å². The fourth-order valence-corrected chi connectivity index (χ4v) is 2.29. The lowest BCUT2D eigenvalue weighted by molar-refractivity contribution is 0.791. The molecule has 3 rings (SSSR count). The minimum Gasteiger partial charge on any atom is -0.398 e. The molecule has 6 heteroatoms. The number of halogens is 1. The average Bonchev–Trinajstić information content (AvgIpc) is 2.94. The smallest absolute Gasteiger partial charge is 0.189 e. The van der Waals surface area contributed by atoms with Gasteiger partial charge in [-0.15, -0.1) is 5.10 Å². The number of anilines is 1. The van der Waals surface area contributed by atoms with Crippen LogP contribution in [0.5, 0.6) is 0 Å². The normalized spacial score (nSPS) is 10.8. The predicted octanol–water partition coefficient (Wildman–Crippen LogP) is 3.18. The van der Waals surface area contributed by atoms with Crippen LogP contribution in [0, 0.1) is 13.8 Å².